The average Bonchev–Trinajstić information content (AvgIpc) is 3.13. The fraction of sp³-hybridized carbons (Fsp3) is 0.267. The number of halogens is 1. The van der Waals surface area contributed by atoms with Gasteiger partial charge in [0, 0.05) is 16.8 Å². The molecular weight excluding hydrogens is 490 g/mol. The molecule has 1 aliphatic rings. The number of carbonyl (C=O) groups excluding carboxylic acids is 2. The maximum absolute atomic E-state index is 13.5. The highest BCUT2D eigenvalue weighted by Crippen LogP contribution is 2.44. The van der Waals surface area contributed by atoms with Gasteiger partial charge in [-0.25, -0.2) is 0 Å². The van der Waals surface area contributed by atoms with Gasteiger partial charge < -0.3 is 14.6 Å². The van der Waals surface area contributed by atoms with Crippen LogP contribution in [-0.4, -0.2) is 31.0 Å². The number of amides is 1. The quantitative estimate of drug-likeness (QED) is 0.234. The summed E-state index contributed by atoms with van der Waals surface area (Å²) in [4.78, 5) is 28.3. The van der Waals surface area contributed by atoms with Crippen LogP contribution in [0.5, 0.6) is 11.5 Å². The standard InChI is InChI=1S/C30H30ClNO5/c1-17-8-7-9-18(14-17)26-25(27(33)19-10-12-23(36-5)21(15-19)30(2,3)4)28(34)29(35)32(26)20-11-13-24(37-6)22(31)16-20/h7-16,26,33H,1-6H3/b27-25-. The molecule has 3 aromatic carbocycles. The first-order chi connectivity index (χ1) is 17.5. The summed E-state index contributed by atoms with van der Waals surface area (Å²) in [5.41, 5.74) is 3.07. The van der Waals surface area contributed by atoms with E-state index in [1.807, 2.05) is 52.0 Å². The lowest BCUT2D eigenvalue weighted by Crippen LogP contribution is -2.29. The van der Waals surface area contributed by atoms with Crippen LogP contribution >= 0.6 is 11.6 Å². The fourth-order valence-electron chi connectivity index (χ4n) is 4.66. The third-order valence-corrected chi connectivity index (χ3v) is 6.79. The first-order valence-electron chi connectivity index (χ1n) is 11.9. The minimum Gasteiger partial charge on any atom is -0.507 e. The number of aryl methyl sites for hydroxylation is 1. The molecule has 1 heterocycles. The molecule has 1 N–H and O–H groups in total. The molecule has 1 amide bonds. The number of Topliss-reactive ketones (excluding diaryl/α,β-unsaturated/α-hetero) is 1. The van der Waals surface area contributed by atoms with Crippen molar-refractivity contribution in [3.05, 3.63) is 93.5 Å². The van der Waals surface area contributed by atoms with Crippen LogP contribution in [0.2, 0.25) is 5.02 Å². The zero-order chi connectivity index (χ0) is 27.1. The van der Waals surface area contributed by atoms with E-state index in [1.165, 1.54) is 12.0 Å². The van der Waals surface area contributed by atoms with Crippen molar-refractivity contribution in [3.8, 4) is 11.5 Å². The summed E-state index contributed by atoms with van der Waals surface area (Å²) >= 11 is 6.37. The summed E-state index contributed by atoms with van der Waals surface area (Å²) in [7, 11) is 3.09. The van der Waals surface area contributed by atoms with E-state index in [-0.39, 0.29) is 16.7 Å². The highest BCUT2D eigenvalue weighted by Gasteiger charge is 2.47. The van der Waals surface area contributed by atoms with E-state index in [0.29, 0.717) is 33.3 Å². The summed E-state index contributed by atoms with van der Waals surface area (Å²) in [5.74, 6) is -0.655. The van der Waals surface area contributed by atoms with Crippen LogP contribution in [-0.2, 0) is 15.0 Å². The Balaban J connectivity index is 1.97. The van der Waals surface area contributed by atoms with Crippen molar-refractivity contribution in [2.75, 3.05) is 19.1 Å². The van der Waals surface area contributed by atoms with Crippen LogP contribution in [0.1, 0.15) is 49.1 Å². The molecule has 3 aromatic rings. The summed E-state index contributed by atoms with van der Waals surface area (Å²) in [6.07, 6.45) is 0. The molecule has 0 saturated carbocycles. The first kappa shape index (κ1) is 26.3. The summed E-state index contributed by atoms with van der Waals surface area (Å²) < 4.78 is 10.8. The maximum atomic E-state index is 13.5. The van der Waals surface area contributed by atoms with Crippen molar-refractivity contribution in [3.63, 3.8) is 0 Å². The molecule has 4 rings (SSSR count). The van der Waals surface area contributed by atoms with E-state index < -0.39 is 17.7 Å². The van der Waals surface area contributed by atoms with E-state index in [1.54, 1.807) is 43.5 Å². The van der Waals surface area contributed by atoms with Gasteiger partial charge in [-0.2, -0.15) is 0 Å². The Labute approximate surface area is 222 Å². The molecule has 0 aromatic heterocycles. The number of nitrogens with zero attached hydrogens (tertiary/aromatic N) is 1. The largest absolute Gasteiger partial charge is 0.507 e. The Hall–Kier alpha value is -3.77. The summed E-state index contributed by atoms with van der Waals surface area (Å²) in [6, 6.07) is 16.8. The number of aliphatic hydroxyl groups is 1. The number of rotatable bonds is 5. The maximum Gasteiger partial charge on any atom is 0.300 e. The van der Waals surface area contributed by atoms with Crippen LogP contribution < -0.4 is 14.4 Å². The molecule has 1 atom stereocenters. The molecule has 6 nitrogen and oxygen atoms in total. The van der Waals surface area contributed by atoms with E-state index in [4.69, 9.17) is 21.1 Å². The normalized spacial score (nSPS) is 17.3. The minimum atomic E-state index is -0.857. The Morgan fingerprint density at radius 2 is 1.62 bits per heavy atom. The number of ether oxygens (including phenoxy) is 2. The number of hydrogen-bond donors (Lipinski definition) is 1. The molecule has 192 valence electrons. The third-order valence-electron chi connectivity index (χ3n) is 6.50. The molecule has 0 spiro atoms. The number of hydrogen-bond acceptors (Lipinski definition) is 5. The smallest absolute Gasteiger partial charge is 0.300 e. The fourth-order valence-corrected chi connectivity index (χ4v) is 4.91. The first-order valence-corrected chi connectivity index (χ1v) is 12.3. The Bertz CT molecular complexity index is 1420. The highest BCUT2D eigenvalue weighted by molar-refractivity contribution is 6.51. The van der Waals surface area contributed by atoms with Crippen molar-refractivity contribution >= 4 is 34.7 Å². The van der Waals surface area contributed by atoms with E-state index >= 15 is 0 Å². The molecule has 1 aliphatic heterocycles. The minimum absolute atomic E-state index is 0.00701. The van der Waals surface area contributed by atoms with Gasteiger partial charge in [0.15, 0.2) is 0 Å². The van der Waals surface area contributed by atoms with Gasteiger partial charge in [-0.15, -0.1) is 0 Å². The molecule has 1 unspecified atom stereocenters. The van der Waals surface area contributed by atoms with E-state index in [0.717, 1.165) is 11.1 Å². The van der Waals surface area contributed by atoms with Gasteiger partial charge in [-0.3, -0.25) is 14.5 Å². The predicted molar refractivity (Wildman–Crippen MR) is 146 cm³/mol. The Kier molecular flexibility index (Phi) is 7.07. The second kappa shape index (κ2) is 9.94. The van der Waals surface area contributed by atoms with Crippen molar-refractivity contribution in [1.82, 2.24) is 0 Å². The zero-order valence-corrected chi connectivity index (χ0v) is 22.5. The number of benzene rings is 3. The van der Waals surface area contributed by atoms with Crippen LogP contribution in [0.25, 0.3) is 5.76 Å². The van der Waals surface area contributed by atoms with Gasteiger partial charge in [-0.1, -0.05) is 62.2 Å². The lowest BCUT2D eigenvalue weighted by Gasteiger charge is -2.26. The molecule has 0 aliphatic carbocycles. The van der Waals surface area contributed by atoms with Crippen molar-refractivity contribution in [2.24, 2.45) is 0 Å². The van der Waals surface area contributed by atoms with Crippen molar-refractivity contribution in [2.45, 2.75) is 39.2 Å². The number of aliphatic hydroxyl groups excluding tert-OH is 1. The van der Waals surface area contributed by atoms with Gasteiger partial charge in [0.1, 0.15) is 17.3 Å². The van der Waals surface area contributed by atoms with Gasteiger partial charge >= 0.3 is 0 Å². The highest BCUT2D eigenvalue weighted by atomic mass is 35.5. The third kappa shape index (κ3) is 4.81. The van der Waals surface area contributed by atoms with Crippen LogP contribution in [0.4, 0.5) is 5.69 Å². The zero-order valence-electron chi connectivity index (χ0n) is 21.8. The average molecular weight is 520 g/mol. The molecule has 0 radical (unpaired) electrons. The molecular formula is C30H30ClNO5. The summed E-state index contributed by atoms with van der Waals surface area (Å²) in [5, 5.41) is 11.9. The number of anilines is 1. The van der Waals surface area contributed by atoms with Crippen LogP contribution in [0.3, 0.4) is 0 Å². The molecule has 7 heteroatoms. The monoisotopic (exact) mass is 519 g/mol. The number of carbonyl (C=O) groups is 2. The molecule has 37 heavy (non-hydrogen) atoms. The molecule has 1 saturated heterocycles. The lowest BCUT2D eigenvalue weighted by atomic mass is 9.84. The van der Waals surface area contributed by atoms with Crippen LogP contribution in [0.15, 0.2) is 66.2 Å². The Morgan fingerprint density at radius 1 is 0.946 bits per heavy atom. The van der Waals surface area contributed by atoms with Crippen molar-refractivity contribution < 1.29 is 24.2 Å². The SMILES string of the molecule is COc1ccc(N2C(=O)C(=O)/C(=C(\O)c3ccc(OC)c(C(C)(C)C)c3)C2c2cccc(C)c2)cc1Cl. The van der Waals surface area contributed by atoms with Gasteiger partial charge in [0.25, 0.3) is 11.7 Å². The molecule has 0 bridgehead atoms. The predicted octanol–water partition coefficient (Wildman–Crippen LogP) is 6.59. The molecule has 1 fully saturated rings. The lowest BCUT2D eigenvalue weighted by molar-refractivity contribution is -0.132. The second-order valence-corrected chi connectivity index (χ2v) is 10.5. The number of methoxy groups -OCH3 is 2. The summed E-state index contributed by atoms with van der Waals surface area (Å²) in [6.45, 7) is 8.04. The van der Waals surface area contributed by atoms with Crippen LogP contribution in [0, 0.1) is 6.92 Å². The van der Waals surface area contributed by atoms with E-state index in [9.17, 15) is 14.7 Å². The van der Waals surface area contributed by atoms with Gasteiger partial charge in [0.05, 0.1) is 30.9 Å². The van der Waals surface area contributed by atoms with Gasteiger partial charge in [0.2, 0.25) is 0 Å². The van der Waals surface area contributed by atoms with E-state index in [2.05, 4.69) is 0 Å². The topological polar surface area (TPSA) is 76.1 Å². The van der Waals surface area contributed by atoms with Gasteiger partial charge in [-0.05, 0) is 54.3 Å². The van der Waals surface area contributed by atoms with Crippen molar-refractivity contribution in [1.29, 1.82) is 0 Å². The number of ketones is 1. The second-order valence-electron chi connectivity index (χ2n) is 10.1. The Morgan fingerprint density at radius 3 is 2.22 bits per heavy atom.